The molecular formula is C13H19NO5S2. The van der Waals surface area contributed by atoms with Gasteiger partial charge >= 0.3 is 0 Å². The molecule has 0 radical (unpaired) electrons. The zero-order chi connectivity index (χ0) is 15.5. The van der Waals surface area contributed by atoms with Gasteiger partial charge in [0.15, 0.2) is 9.84 Å². The molecule has 1 heterocycles. The molecule has 8 heteroatoms. The van der Waals surface area contributed by atoms with Crippen molar-refractivity contribution in [2.45, 2.75) is 31.2 Å². The van der Waals surface area contributed by atoms with Gasteiger partial charge in [0.1, 0.15) is 0 Å². The average molecular weight is 333 g/mol. The first-order chi connectivity index (χ1) is 9.80. The number of benzene rings is 1. The second-order valence-corrected chi connectivity index (χ2v) is 9.29. The summed E-state index contributed by atoms with van der Waals surface area (Å²) in [4.78, 5) is 0. The molecule has 0 saturated carbocycles. The highest BCUT2D eigenvalue weighted by Crippen LogP contribution is 2.15. The molecule has 1 atom stereocenters. The monoisotopic (exact) mass is 333 g/mol. The number of nitrogens with one attached hydrogen (secondary N) is 1. The average Bonchev–Trinajstić information content (AvgIpc) is 2.36. The minimum atomic E-state index is -3.61. The summed E-state index contributed by atoms with van der Waals surface area (Å²) in [5, 5.41) is 9.05. The van der Waals surface area contributed by atoms with E-state index in [2.05, 4.69) is 4.72 Å². The van der Waals surface area contributed by atoms with Crippen molar-refractivity contribution in [1.29, 1.82) is 0 Å². The number of aliphatic hydroxyl groups excluding tert-OH is 1. The lowest BCUT2D eigenvalue weighted by Crippen LogP contribution is -2.43. The van der Waals surface area contributed by atoms with E-state index in [-0.39, 0.29) is 23.9 Å². The van der Waals surface area contributed by atoms with Gasteiger partial charge in [-0.3, -0.25) is 0 Å². The molecule has 2 N–H and O–H groups in total. The lowest BCUT2D eigenvalue weighted by Gasteiger charge is -2.22. The first-order valence-corrected chi connectivity index (χ1v) is 10.2. The summed E-state index contributed by atoms with van der Waals surface area (Å²) in [6.07, 6.45) is 1.02. The highest BCUT2D eigenvalue weighted by atomic mass is 32.2. The molecule has 1 aromatic carbocycles. The van der Waals surface area contributed by atoms with E-state index in [0.717, 1.165) is 0 Å². The summed E-state index contributed by atoms with van der Waals surface area (Å²) in [6, 6.07) is 6.13. The molecular weight excluding hydrogens is 314 g/mol. The quantitative estimate of drug-likeness (QED) is 0.800. The van der Waals surface area contributed by atoms with Crippen LogP contribution in [0.15, 0.2) is 24.3 Å². The molecule has 118 valence electrons. The predicted molar refractivity (Wildman–Crippen MR) is 79.8 cm³/mol. The fourth-order valence-electron chi connectivity index (χ4n) is 2.45. The largest absolute Gasteiger partial charge is 0.392 e. The molecule has 0 spiro atoms. The third-order valence-corrected chi connectivity index (χ3v) is 6.57. The van der Waals surface area contributed by atoms with E-state index in [0.29, 0.717) is 24.0 Å². The lowest BCUT2D eigenvalue weighted by molar-refractivity contribution is 0.281. The second-order valence-electron chi connectivity index (χ2n) is 5.31. The third-order valence-electron chi connectivity index (χ3n) is 3.34. The van der Waals surface area contributed by atoms with Crippen molar-refractivity contribution in [3.05, 3.63) is 35.4 Å². The molecule has 0 amide bonds. The van der Waals surface area contributed by atoms with Gasteiger partial charge in [-0.05, 0) is 24.0 Å². The number of hydrogen-bond acceptors (Lipinski definition) is 5. The lowest BCUT2D eigenvalue weighted by atomic mass is 10.1. The number of sulfonamides is 1. The molecule has 0 aliphatic carbocycles. The maximum absolute atomic E-state index is 12.1. The van der Waals surface area contributed by atoms with Crippen molar-refractivity contribution in [3.63, 3.8) is 0 Å². The summed E-state index contributed by atoms with van der Waals surface area (Å²) >= 11 is 0. The summed E-state index contributed by atoms with van der Waals surface area (Å²) in [5.74, 6) is -0.232. The van der Waals surface area contributed by atoms with Gasteiger partial charge < -0.3 is 5.11 Å². The van der Waals surface area contributed by atoms with Crippen LogP contribution in [0.3, 0.4) is 0 Å². The number of rotatable bonds is 5. The fourth-order valence-corrected chi connectivity index (χ4v) is 5.60. The molecule has 1 aliphatic rings. The van der Waals surface area contributed by atoms with Crippen molar-refractivity contribution < 1.29 is 21.9 Å². The molecule has 0 aromatic heterocycles. The Hall–Kier alpha value is -0.960. The maximum Gasteiger partial charge on any atom is 0.216 e. The van der Waals surface area contributed by atoms with Crippen molar-refractivity contribution in [2.75, 3.05) is 11.5 Å². The van der Waals surface area contributed by atoms with Crippen LogP contribution in [0.2, 0.25) is 0 Å². The van der Waals surface area contributed by atoms with Crippen LogP contribution in [0.25, 0.3) is 0 Å². The van der Waals surface area contributed by atoms with Gasteiger partial charge in [-0.1, -0.05) is 24.3 Å². The van der Waals surface area contributed by atoms with E-state index < -0.39 is 25.9 Å². The first kappa shape index (κ1) is 16.4. The van der Waals surface area contributed by atoms with Gasteiger partial charge in [-0.15, -0.1) is 0 Å². The Morgan fingerprint density at radius 1 is 1.29 bits per heavy atom. The Kier molecular flexibility index (Phi) is 5.03. The molecule has 21 heavy (non-hydrogen) atoms. The molecule has 2 rings (SSSR count). The van der Waals surface area contributed by atoms with Crippen molar-refractivity contribution >= 4 is 19.9 Å². The number of hydrogen-bond donors (Lipinski definition) is 2. The molecule has 1 aliphatic heterocycles. The highest BCUT2D eigenvalue weighted by molar-refractivity contribution is 7.91. The van der Waals surface area contributed by atoms with Crippen LogP contribution in [0.4, 0.5) is 0 Å². The van der Waals surface area contributed by atoms with Crippen LogP contribution in [-0.4, -0.2) is 39.5 Å². The summed E-state index contributed by atoms with van der Waals surface area (Å²) in [5.41, 5.74) is 1.20. The zero-order valence-electron chi connectivity index (χ0n) is 11.5. The SMILES string of the molecule is O=S1(=O)CCCC(NS(=O)(=O)Cc2cccc(CO)c2)C1. The molecule has 6 nitrogen and oxygen atoms in total. The van der Waals surface area contributed by atoms with Crippen molar-refractivity contribution in [1.82, 2.24) is 4.72 Å². The van der Waals surface area contributed by atoms with Crippen molar-refractivity contribution in [2.24, 2.45) is 0 Å². The van der Waals surface area contributed by atoms with E-state index in [1.165, 1.54) is 0 Å². The third kappa shape index (κ3) is 5.06. The van der Waals surface area contributed by atoms with E-state index in [1.807, 2.05) is 0 Å². The van der Waals surface area contributed by atoms with Crippen LogP contribution in [0, 0.1) is 0 Å². The Labute approximate surface area is 125 Å². The van der Waals surface area contributed by atoms with Gasteiger partial charge in [0.2, 0.25) is 10.0 Å². The minimum absolute atomic E-state index is 0.129. The first-order valence-electron chi connectivity index (χ1n) is 6.69. The van der Waals surface area contributed by atoms with Gasteiger partial charge in [-0.2, -0.15) is 0 Å². The normalized spacial score (nSPS) is 22.0. The van der Waals surface area contributed by atoms with E-state index in [1.54, 1.807) is 24.3 Å². The number of aliphatic hydroxyl groups is 1. The Morgan fingerprint density at radius 2 is 2.00 bits per heavy atom. The van der Waals surface area contributed by atoms with E-state index >= 15 is 0 Å². The Morgan fingerprint density at radius 3 is 2.67 bits per heavy atom. The van der Waals surface area contributed by atoms with Crippen LogP contribution in [0.1, 0.15) is 24.0 Å². The smallest absolute Gasteiger partial charge is 0.216 e. The van der Waals surface area contributed by atoms with Gasteiger partial charge in [-0.25, -0.2) is 21.6 Å². The summed E-state index contributed by atoms with van der Waals surface area (Å²) in [7, 11) is -6.75. The summed E-state index contributed by atoms with van der Waals surface area (Å²) in [6.45, 7) is -0.151. The van der Waals surface area contributed by atoms with E-state index in [4.69, 9.17) is 5.11 Å². The standard InChI is InChI=1S/C13H19NO5S2/c15-8-11-3-1-4-12(7-11)9-21(18,19)14-13-5-2-6-20(16,17)10-13/h1,3-4,7,13-15H,2,5-6,8-10H2. The highest BCUT2D eigenvalue weighted by Gasteiger charge is 2.28. The van der Waals surface area contributed by atoms with Crippen LogP contribution in [0.5, 0.6) is 0 Å². The zero-order valence-corrected chi connectivity index (χ0v) is 13.2. The van der Waals surface area contributed by atoms with Crippen molar-refractivity contribution in [3.8, 4) is 0 Å². The topological polar surface area (TPSA) is 101 Å². The van der Waals surface area contributed by atoms with Gasteiger partial charge in [0, 0.05) is 6.04 Å². The van der Waals surface area contributed by atoms with E-state index in [9.17, 15) is 16.8 Å². The second kappa shape index (κ2) is 6.43. The molecule has 1 aromatic rings. The van der Waals surface area contributed by atoms with Crippen LogP contribution >= 0.6 is 0 Å². The van der Waals surface area contributed by atoms with Crippen LogP contribution < -0.4 is 4.72 Å². The van der Waals surface area contributed by atoms with Crippen LogP contribution in [-0.2, 0) is 32.2 Å². The molecule has 1 unspecified atom stereocenters. The molecule has 0 bridgehead atoms. The summed E-state index contributed by atoms with van der Waals surface area (Å²) < 4.78 is 49.7. The Bertz CT molecular complexity index is 697. The molecule has 1 saturated heterocycles. The fraction of sp³-hybridized carbons (Fsp3) is 0.538. The van der Waals surface area contributed by atoms with Gasteiger partial charge in [0.05, 0.1) is 23.9 Å². The Balaban J connectivity index is 2.04. The maximum atomic E-state index is 12.1. The van der Waals surface area contributed by atoms with Gasteiger partial charge in [0.25, 0.3) is 0 Å². The predicted octanol–water partition coefficient (Wildman–Crippen LogP) is 0.175. The minimum Gasteiger partial charge on any atom is -0.392 e. The number of sulfone groups is 1. The molecule has 1 fully saturated rings.